The zero-order valence-electron chi connectivity index (χ0n) is 7.15. The highest BCUT2D eigenvalue weighted by Gasteiger charge is 2.29. The van der Waals surface area contributed by atoms with Crippen LogP contribution in [-0.4, -0.2) is 15.0 Å². The van der Waals surface area contributed by atoms with Gasteiger partial charge in [-0.05, 0) is 0 Å². The van der Waals surface area contributed by atoms with Gasteiger partial charge in [0.25, 0.3) is 6.43 Å². The van der Waals surface area contributed by atoms with E-state index in [4.69, 9.17) is 5.11 Å². The van der Waals surface area contributed by atoms with Gasteiger partial charge in [0.15, 0.2) is 5.69 Å². The molecule has 0 atom stereocenters. The maximum atomic E-state index is 13.2. The fourth-order valence-corrected chi connectivity index (χ4v) is 0.973. The number of nitrogens with zero attached hydrogens (tertiary/aromatic N) is 2. The van der Waals surface area contributed by atoms with Crippen LogP contribution in [0.15, 0.2) is 6.20 Å². The van der Waals surface area contributed by atoms with Gasteiger partial charge >= 0.3 is 5.69 Å². The minimum absolute atomic E-state index is 0.494. The lowest BCUT2D eigenvalue weighted by Crippen LogP contribution is -2.05. The van der Waals surface area contributed by atoms with Crippen LogP contribution in [0.3, 0.4) is 0 Å². The van der Waals surface area contributed by atoms with Crippen LogP contribution in [0.4, 0.5) is 18.9 Å². The minimum atomic E-state index is -3.24. The summed E-state index contributed by atoms with van der Waals surface area (Å²) in [7, 11) is 0. The molecule has 0 aliphatic heterocycles. The van der Waals surface area contributed by atoms with E-state index in [0.717, 1.165) is 0 Å². The topological polar surface area (TPSA) is 76.3 Å². The van der Waals surface area contributed by atoms with Crippen LogP contribution < -0.4 is 0 Å². The monoisotopic (exact) mass is 222 g/mol. The molecule has 0 amide bonds. The number of aromatic nitrogens is 1. The second-order valence-corrected chi connectivity index (χ2v) is 2.55. The molecule has 0 aliphatic rings. The molecule has 0 saturated heterocycles. The van der Waals surface area contributed by atoms with Crippen molar-refractivity contribution in [2.45, 2.75) is 13.0 Å². The Hall–Kier alpha value is -1.70. The molecule has 15 heavy (non-hydrogen) atoms. The molecule has 8 heteroatoms. The average Bonchev–Trinajstić information content (AvgIpc) is 2.16. The molecule has 0 unspecified atom stereocenters. The molecule has 0 bridgehead atoms. The summed E-state index contributed by atoms with van der Waals surface area (Å²) >= 11 is 0. The van der Waals surface area contributed by atoms with E-state index in [0.29, 0.717) is 6.20 Å². The third-order valence-electron chi connectivity index (χ3n) is 1.65. The molecule has 1 N–H and O–H groups in total. The van der Waals surface area contributed by atoms with Crippen molar-refractivity contribution < 1.29 is 23.2 Å². The van der Waals surface area contributed by atoms with Crippen molar-refractivity contribution in [3.63, 3.8) is 0 Å². The molecule has 0 saturated carbocycles. The number of pyridine rings is 1. The molecule has 82 valence electrons. The summed E-state index contributed by atoms with van der Waals surface area (Å²) in [6, 6.07) is 0. The fraction of sp³-hybridized carbons (Fsp3) is 0.286. The first-order valence-electron chi connectivity index (χ1n) is 3.69. The van der Waals surface area contributed by atoms with E-state index in [1.54, 1.807) is 0 Å². The lowest BCUT2D eigenvalue weighted by Gasteiger charge is -2.04. The number of hydrogen-bond donors (Lipinski definition) is 1. The van der Waals surface area contributed by atoms with E-state index in [2.05, 4.69) is 4.98 Å². The molecule has 1 heterocycles. The Balaban J connectivity index is 3.44. The molecule has 1 rings (SSSR count). The Morgan fingerprint density at radius 2 is 2.20 bits per heavy atom. The second kappa shape index (κ2) is 4.22. The predicted octanol–water partition coefficient (Wildman–Crippen LogP) is 1.56. The minimum Gasteiger partial charge on any atom is -0.392 e. The van der Waals surface area contributed by atoms with E-state index in [1.807, 2.05) is 0 Å². The summed E-state index contributed by atoms with van der Waals surface area (Å²) in [5.41, 5.74) is -3.13. The van der Waals surface area contributed by atoms with Crippen molar-refractivity contribution in [1.29, 1.82) is 0 Å². The van der Waals surface area contributed by atoms with E-state index in [1.165, 1.54) is 0 Å². The number of hydrogen-bond acceptors (Lipinski definition) is 4. The zero-order chi connectivity index (χ0) is 11.6. The van der Waals surface area contributed by atoms with Gasteiger partial charge in [0.1, 0.15) is 0 Å². The lowest BCUT2D eigenvalue weighted by molar-refractivity contribution is -0.389. The van der Waals surface area contributed by atoms with E-state index in [-0.39, 0.29) is 0 Å². The molecule has 1 aromatic heterocycles. The molecular weight excluding hydrogens is 217 g/mol. The van der Waals surface area contributed by atoms with E-state index in [9.17, 15) is 23.3 Å². The standard InChI is InChI=1S/C7H5F3N2O3/c8-4-3(2-13)1-11-5(7(9)10)6(4)12(14)15/h1,7,13H,2H2. The van der Waals surface area contributed by atoms with Crippen LogP contribution in [-0.2, 0) is 6.61 Å². The van der Waals surface area contributed by atoms with Gasteiger partial charge in [-0.3, -0.25) is 10.1 Å². The third-order valence-corrected chi connectivity index (χ3v) is 1.65. The molecule has 0 fully saturated rings. The molecular formula is C7H5F3N2O3. The van der Waals surface area contributed by atoms with Crippen molar-refractivity contribution in [3.05, 3.63) is 33.4 Å². The van der Waals surface area contributed by atoms with Crippen LogP contribution in [0.1, 0.15) is 17.7 Å². The number of nitro groups is 1. The summed E-state index contributed by atoms with van der Waals surface area (Å²) in [5, 5.41) is 18.9. The SMILES string of the molecule is O=[N+]([O-])c1c(C(F)F)ncc(CO)c1F. The van der Waals surface area contributed by atoms with Crippen LogP contribution in [0.25, 0.3) is 0 Å². The summed E-state index contributed by atoms with van der Waals surface area (Å²) in [5.74, 6) is -1.48. The van der Waals surface area contributed by atoms with E-state index >= 15 is 0 Å². The summed E-state index contributed by atoms with van der Waals surface area (Å²) in [4.78, 5) is 12.1. The summed E-state index contributed by atoms with van der Waals surface area (Å²) in [6.45, 7) is -0.844. The smallest absolute Gasteiger partial charge is 0.332 e. The van der Waals surface area contributed by atoms with Crippen molar-refractivity contribution in [2.24, 2.45) is 0 Å². The fourth-order valence-electron chi connectivity index (χ4n) is 0.973. The molecule has 0 radical (unpaired) electrons. The number of aliphatic hydroxyl groups is 1. The van der Waals surface area contributed by atoms with Crippen LogP contribution in [0, 0.1) is 15.9 Å². The van der Waals surface area contributed by atoms with Crippen LogP contribution in [0.2, 0.25) is 0 Å². The van der Waals surface area contributed by atoms with E-state index < -0.39 is 40.7 Å². The van der Waals surface area contributed by atoms with Gasteiger partial charge < -0.3 is 5.11 Å². The van der Waals surface area contributed by atoms with Gasteiger partial charge in [0.2, 0.25) is 5.82 Å². The highest BCUT2D eigenvalue weighted by molar-refractivity contribution is 5.40. The number of aliphatic hydroxyl groups excluding tert-OH is 1. The quantitative estimate of drug-likeness (QED) is 0.621. The molecule has 0 aromatic carbocycles. The largest absolute Gasteiger partial charge is 0.392 e. The summed E-state index contributed by atoms with van der Waals surface area (Å²) in [6.07, 6.45) is -2.60. The van der Waals surface area contributed by atoms with Crippen LogP contribution in [0.5, 0.6) is 0 Å². The normalized spacial score (nSPS) is 10.7. The Labute approximate surface area is 81.3 Å². The van der Waals surface area contributed by atoms with Gasteiger partial charge in [0.05, 0.1) is 11.5 Å². The third kappa shape index (κ3) is 2.04. The molecule has 1 aromatic rings. The van der Waals surface area contributed by atoms with Gasteiger partial charge in [-0.25, -0.2) is 13.8 Å². The zero-order valence-corrected chi connectivity index (χ0v) is 7.15. The maximum absolute atomic E-state index is 13.2. The number of alkyl halides is 2. The van der Waals surface area contributed by atoms with Crippen molar-refractivity contribution in [2.75, 3.05) is 0 Å². The molecule has 0 aliphatic carbocycles. The first-order chi connectivity index (χ1) is 6.99. The Bertz CT molecular complexity index is 397. The molecule has 5 nitrogen and oxygen atoms in total. The van der Waals surface area contributed by atoms with Gasteiger partial charge in [-0.1, -0.05) is 0 Å². The highest BCUT2D eigenvalue weighted by Crippen LogP contribution is 2.30. The number of halogens is 3. The number of rotatable bonds is 3. The lowest BCUT2D eigenvalue weighted by atomic mass is 10.2. The predicted molar refractivity (Wildman–Crippen MR) is 41.7 cm³/mol. The molecule has 0 spiro atoms. The van der Waals surface area contributed by atoms with Crippen molar-refractivity contribution >= 4 is 5.69 Å². The van der Waals surface area contributed by atoms with Crippen molar-refractivity contribution in [3.8, 4) is 0 Å². The van der Waals surface area contributed by atoms with Crippen molar-refractivity contribution in [1.82, 2.24) is 4.98 Å². The Kier molecular flexibility index (Phi) is 3.20. The van der Waals surface area contributed by atoms with Gasteiger partial charge in [0, 0.05) is 11.8 Å². The van der Waals surface area contributed by atoms with Gasteiger partial charge in [-0.15, -0.1) is 0 Å². The highest BCUT2D eigenvalue weighted by atomic mass is 19.3. The second-order valence-electron chi connectivity index (χ2n) is 2.55. The Morgan fingerprint density at radius 3 is 2.60 bits per heavy atom. The summed E-state index contributed by atoms with van der Waals surface area (Å²) < 4.78 is 37.6. The van der Waals surface area contributed by atoms with Crippen LogP contribution >= 0.6 is 0 Å². The maximum Gasteiger partial charge on any atom is 0.332 e. The first-order valence-corrected chi connectivity index (χ1v) is 3.69. The Morgan fingerprint density at radius 1 is 1.60 bits per heavy atom. The average molecular weight is 222 g/mol. The first kappa shape index (κ1) is 11.4. The van der Waals surface area contributed by atoms with Gasteiger partial charge in [-0.2, -0.15) is 4.39 Å².